The summed E-state index contributed by atoms with van der Waals surface area (Å²) in [5.41, 5.74) is 3.17. The summed E-state index contributed by atoms with van der Waals surface area (Å²) in [7, 11) is 3.16. The Bertz CT molecular complexity index is 950. The maximum absolute atomic E-state index is 13.0. The summed E-state index contributed by atoms with van der Waals surface area (Å²) < 4.78 is 10.4. The Kier molecular flexibility index (Phi) is 6.41. The van der Waals surface area contributed by atoms with Gasteiger partial charge in [0.15, 0.2) is 5.11 Å². The van der Waals surface area contributed by atoms with E-state index in [2.05, 4.69) is 16.1 Å². The molecule has 1 aliphatic rings. The predicted molar refractivity (Wildman–Crippen MR) is 116 cm³/mol. The number of methoxy groups -OCH3 is 2. The van der Waals surface area contributed by atoms with Gasteiger partial charge in [0.25, 0.3) is 5.91 Å². The molecule has 1 aliphatic heterocycles. The second kappa shape index (κ2) is 9.00. The van der Waals surface area contributed by atoms with E-state index in [1.165, 1.54) is 0 Å². The summed E-state index contributed by atoms with van der Waals surface area (Å²) >= 11 is 5.25. The van der Waals surface area contributed by atoms with Gasteiger partial charge >= 0.3 is 6.03 Å². The van der Waals surface area contributed by atoms with E-state index in [0.29, 0.717) is 24.3 Å². The van der Waals surface area contributed by atoms with Crippen LogP contribution in [0.4, 0.5) is 4.79 Å². The minimum atomic E-state index is -1.22. The highest BCUT2D eigenvalue weighted by molar-refractivity contribution is 7.80. The molecule has 1 saturated heterocycles. The quantitative estimate of drug-likeness (QED) is 0.459. The van der Waals surface area contributed by atoms with Crippen molar-refractivity contribution in [2.45, 2.75) is 18.9 Å². The molecule has 3 amide bonds. The first kappa shape index (κ1) is 21.4. The van der Waals surface area contributed by atoms with Crippen LogP contribution in [0.25, 0.3) is 0 Å². The Morgan fingerprint density at radius 1 is 1.10 bits per heavy atom. The molecule has 1 atom stereocenters. The van der Waals surface area contributed by atoms with Crippen molar-refractivity contribution >= 4 is 29.3 Å². The van der Waals surface area contributed by atoms with Crippen LogP contribution in [0.15, 0.2) is 48.5 Å². The Balaban J connectivity index is 1.58. The number of nitrogens with one attached hydrogen (secondary N) is 3. The number of amides is 3. The third-order valence-corrected chi connectivity index (χ3v) is 5.15. The highest BCUT2D eigenvalue weighted by Gasteiger charge is 2.49. The number of carbonyl (C=O) groups is 2. The second-order valence-corrected chi connectivity index (χ2v) is 7.30. The number of hydrogen-bond acceptors (Lipinski definition) is 5. The molecule has 1 heterocycles. The fraction of sp³-hybridized carbons (Fsp3) is 0.286. The molecule has 30 heavy (non-hydrogen) atoms. The molecule has 9 heteroatoms. The van der Waals surface area contributed by atoms with Crippen LogP contribution in [-0.4, -0.2) is 42.8 Å². The van der Waals surface area contributed by atoms with Crippen molar-refractivity contribution < 1.29 is 19.1 Å². The summed E-state index contributed by atoms with van der Waals surface area (Å²) in [6.07, 6.45) is 0.716. The van der Waals surface area contributed by atoms with Gasteiger partial charge in [0.05, 0.1) is 14.2 Å². The summed E-state index contributed by atoms with van der Waals surface area (Å²) in [6, 6.07) is 14.1. The van der Waals surface area contributed by atoms with Crippen LogP contribution in [0.3, 0.4) is 0 Å². The lowest BCUT2D eigenvalue weighted by Gasteiger charge is -2.23. The summed E-state index contributed by atoms with van der Waals surface area (Å²) in [5.74, 6) is 0.930. The van der Waals surface area contributed by atoms with Crippen LogP contribution in [0.1, 0.15) is 18.1 Å². The zero-order valence-corrected chi connectivity index (χ0v) is 17.8. The predicted octanol–water partition coefficient (Wildman–Crippen LogP) is 2.09. The second-order valence-electron chi connectivity index (χ2n) is 6.89. The van der Waals surface area contributed by atoms with Crippen LogP contribution in [-0.2, 0) is 16.8 Å². The van der Waals surface area contributed by atoms with Gasteiger partial charge in [-0.05, 0) is 61.0 Å². The third-order valence-electron chi connectivity index (χ3n) is 4.91. The number of carbonyl (C=O) groups excluding carboxylic acids is 2. The molecule has 8 nitrogen and oxygen atoms in total. The van der Waals surface area contributed by atoms with Gasteiger partial charge in [-0.1, -0.05) is 24.3 Å². The maximum Gasteiger partial charge on any atom is 0.344 e. The topological polar surface area (TPSA) is 91.9 Å². The number of rotatable bonds is 7. The van der Waals surface area contributed by atoms with Crippen molar-refractivity contribution in [2.75, 3.05) is 20.8 Å². The summed E-state index contributed by atoms with van der Waals surface area (Å²) in [5, 5.41) is 6.80. The molecule has 1 fully saturated rings. The SMILES string of the molecule is COc1ccc(CCNC(=S)NN2C(=O)NC(C)(c3cccc(OC)c3)C2=O)cc1. The lowest BCUT2D eigenvalue weighted by Crippen LogP contribution is -2.51. The van der Waals surface area contributed by atoms with E-state index in [4.69, 9.17) is 21.7 Å². The first-order valence-corrected chi connectivity index (χ1v) is 9.77. The molecule has 0 spiro atoms. The number of benzene rings is 2. The van der Waals surface area contributed by atoms with Crippen LogP contribution in [0.5, 0.6) is 11.5 Å². The maximum atomic E-state index is 13.0. The van der Waals surface area contributed by atoms with Gasteiger partial charge in [0.1, 0.15) is 17.0 Å². The molecule has 2 aromatic carbocycles. The average molecular weight is 429 g/mol. The van der Waals surface area contributed by atoms with Gasteiger partial charge in [-0.3, -0.25) is 10.2 Å². The zero-order chi connectivity index (χ0) is 21.7. The highest BCUT2D eigenvalue weighted by atomic mass is 32.1. The van der Waals surface area contributed by atoms with Gasteiger partial charge in [0.2, 0.25) is 0 Å². The smallest absolute Gasteiger partial charge is 0.344 e. The number of ether oxygens (including phenoxy) is 2. The largest absolute Gasteiger partial charge is 0.497 e. The molecular weight excluding hydrogens is 404 g/mol. The number of hydrazine groups is 1. The molecule has 158 valence electrons. The first-order valence-electron chi connectivity index (χ1n) is 9.36. The molecule has 0 saturated carbocycles. The fourth-order valence-corrected chi connectivity index (χ4v) is 3.32. The van der Waals surface area contributed by atoms with Crippen LogP contribution in [0, 0.1) is 0 Å². The van der Waals surface area contributed by atoms with Crippen LogP contribution >= 0.6 is 12.2 Å². The number of hydrogen-bond donors (Lipinski definition) is 3. The van der Waals surface area contributed by atoms with E-state index in [-0.39, 0.29) is 5.11 Å². The van der Waals surface area contributed by atoms with E-state index >= 15 is 0 Å². The molecule has 3 N–H and O–H groups in total. The number of nitrogens with zero attached hydrogens (tertiary/aromatic N) is 1. The van der Waals surface area contributed by atoms with Gasteiger partial charge in [-0.25, -0.2) is 4.79 Å². The first-order chi connectivity index (χ1) is 14.4. The Morgan fingerprint density at radius 2 is 1.80 bits per heavy atom. The van der Waals surface area contributed by atoms with Crippen LogP contribution in [0.2, 0.25) is 0 Å². The summed E-state index contributed by atoms with van der Waals surface area (Å²) in [6.45, 7) is 2.18. The van der Waals surface area contributed by atoms with Crippen LogP contribution < -0.4 is 25.5 Å². The molecule has 0 aromatic heterocycles. The lowest BCUT2D eigenvalue weighted by molar-refractivity contribution is -0.132. The molecule has 3 rings (SSSR count). The van der Waals surface area contributed by atoms with E-state index in [0.717, 1.165) is 16.3 Å². The number of imide groups is 1. The third kappa shape index (κ3) is 4.46. The molecule has 2 aromatic rings. The standard InChI is InChI=1S/C21H24N4O4S/c1-21(15-5-4-6-17(13-15)29-3)18(26)25(20(27)23-21)24-19(30)22-12-11-14-7-9-16(28-2)10-8-14/h4-10,13H,11-12H2,1-3H3,(H,23,27)(H2,22,24,30). The Morgan fingerprint density at radius 3 is 2.47 bits per heavy atom. The monoisotopic (exact) mass is 428 g/mol. The minimum absolute atomic E-state index is 0.182. The molecule has 1 unspecified atom stereocenters. The molecule has 0 radical (unpaired) electrons. The number of thiocarbonyl (C=S) groups is 1. The van der Waals surface area contributed by atoms with Gasteiger partial charge in [-0.2, -0.15) is 5.01 Å². The van der Waals surface area contributed by atoms with Gasteiger partial charge in [-0.15, -0.1) is 0 Å². The van der Waals surface area contributed by atoms with Crippen molar-refractivity contribution in [3.63, 3.8) is 0 Å². The normalized spacial score (nSPS) is 18.0. The average Bonchev–Trinajstić information content (AvgIpc) is 2.98. The molecule has 0 aliphatic carbocycles. The highest BCUT2D eigenvalue weighted by Crippen LogP contribution is 2.30. The van der Waals surface area contributed by atoms with Gasteiger partial charge < -0.3 is 20.1 Å². The summed E-state index contributed by atoms with van der Waals surface area (Å²) in [4.78, 5) is 25.4. The molecule has 0 bridgehead atoms. The fourth-order valence-electron chi connectivity index (χ4n) is 3.12. The Hall–Kier alpha value is -3.33. The minimum Gasteiger partial charge on any atom is -0.497 e. The van der Waals surface area contributed by atoms with Crippen molar-refractivity contribution in [2.24, 2.45) is 0 Å². The van der Waals surface area contributed by atoms with Crippen molar-refractivity contribution in [3.8, 4) is 11.5 Å². The van der Waals surface area contributed by atoms with E-state index in [1.54, 1.807) is 45.4 Å². The lowest BCUT2D eigenvalue weighted by atomic mass is 9.92. The number of urea groups is 1. The van der Waals surface area contributed by atoms with E-state index in [9.17, 15) is 9.59 Å². The van der Waals surface area contributed by atoms with Crippen molar-refractivity contribution in [1.29, 1.82) is 0 Å². The molecular formula is C21H24N4O4S. The van der Waals surface area contributed by atoms with E-state index < -0.39 is 17.5 Å². The zero-order valence-electron chi connectivity index (χ0n) is 17.0. The van der Waals surface area contributed by atoms with Crippen molar-refractivity contribution in [3.05, 3.63) is 59.7 Å². The van der Waals surface area contributed by atoms with E-state index in [1.807, 2.05) is 24.3 Å². The van der Waals surface area contributed by atoms with Crippen molar-refractivity contribution in [1.82, 2.24) is 21.1 Å². The Labute approximate surface area is 180 Å². The van der Waals surface area contributed by atoms with Gasteiger partial charge in [0, 0.05) is 6.54 Å².